The van der Waals surface area contributed by atoms with Crippen LogP contribution in [-0.2, 0) is 65.8 Å². The standard InChI is InChI=1S/C58H75FN10O9S/c1-38-53(79-37-62-38)42-15-9-39(10-16-42)33-61-56(73)49-32-45(70)36-69(49)57(74)54(58(2,3)4)64-50(71)18-22-75-24-26-77-28-29-78-27-25-76-23-21-68-35-44(65-66-68)8-6-7-20-67(5)34-40-11-13-41(14-12-40)52-46-17-19-60-55(72)47-30-43(59)31-48(63-52)51(46)47/h9-16,30-31,35,37,45,49,54,63,70H,6-8,17-29,32-34,36H2,1-5H3,(H,60,72)(H,61,73)(H,64,71)/t45-,49+,54-/m1/s1. The molecule has 2 aliphatic heterocycles. The van der Waals surface area contributed by atoms with Crippen molar-refractivity contribution in [2.24, 2.45) is 5.41 Å². The molecule has 19 nitrogen and oxygen atoms in total. The number of aryl methyl sites for hydroxylation is 2. The highest BCUT2D eigenvalue weighted by atomic mass is 32.1. The second-order valence-electron chi connectivity index (χ2n) is 21.4. The molecule has 8 rings (SSSR count). The van der Waals surface area contributed by atoms with Crippen LogP contribution in [0, 0.1) is 18.2 Å². The maximum Gasteiger partial charge on any atom is 0.252 e. The van der Waals surface area contributed by atoms with Crippen molar-refractivity contribution in [2.45, 2.75) is 104 Å². The molecule has 2 aliphatic rings. The monoisotopic (exact) mass is 1110 g/mol. The fourth-order valence-corrected chi connectivity index (χ4v) is 10.8. The lowest BCUT2D eigenvalue weighted by Crippen LogP contribution is -2.57. The SMILES string of the molecule is Cc1ncsc1-c1ccc(CNC(=O)[C@@H]2C[C@@H](O)CN2C(=O)[C@@H](NC(=O)CCOCCOCCOCCOCCn2cc(CCCCN(C)Cc3ccc(-c4[nH]c5cc(F)cc6c5c4CCNC6=O)cc3)nn2)C(C)(C)C)cc1. The van der Waals surface area contributed by atoms with Gasteiger partial charge in [-0.3, -0.25) is 19.2 Å². The topological polar surface area (TPSA) is 227 Å². The molecular weight excluding hydrogens is 1030 g/mol. The average Bonchev–Trinajstić information content (AvgIpc) is 4.39. The van der Waals surface area contributed by atoms with Gasteiger partial charge in [-0.2, -0.15) is 0 Å². The molecule has 21 heteroatoms. The molecule has 424 valence electrons. The maximum absolute atomic E-state index is 14.3. The molecule has 1 saturated heterocycles. The lowest BCUT2D eigenvalue weighted by molar-refractivity contribution is -0.144. The number of ether oxygens (including phenoxy) is 4. The van der Waals surface area contributed by atoms with E-state index in [0.29, 0.717) is 70.2 Å². The van der Waals surface area contributed by atoms with E-state index in [1.807, 2.05) is 63.7 Å². The molecule has 79 heavy (non-hydrogen) atoms. The third-order valence-corrected chi connectivity index (χ3v) is 15.1. The van der Waals surface area contributed by atoms with Crippen molar-refractivity contribution in [3.8, 4) is 21.7 Å². The lowest BCUT2D eigenvalue weighted by atomic mass is 9.85. The van der Waals surface area contributed by atoms with Gasteiger partial charge in [0.15, 0.2) is 0 Å². The number of benzene rings is 3. The van der Waals surface area contributed by atoms with E-state index < -0.39 is 35.3 Å². The molecule has 3 aromatic carbocycles. The second kappa shape index (κ2) is 28.1. The Hall–Kier alpha value is -6.46. The predicted molar refractivity (Wildman–Crippen MR) is 299 cm³/mol. The summed E-state index contributed by atoms with van der Waals surface area (Å²) in [6, 6.07) is 17.3. The fraction of sp³-hybridized carbons (Fsp3) is 0.500. The van der Waals surface area contributed by atoms with Gasteiger partial charge in [-0.05, 0) is 91.6 Å². The number of hydrogen-bond acceptors (Lipinski definition) is 14. The van der Waals surface area contributed by atoms with Crippen LogP contribution in [0.5, 0.6) is 0 Å². The molecule has 3 atom stereocenters. The Morgan fingerprint density at radius 3 is 2.30 bits per heavy atom. The van der Waals surface area contributed by atoms with E-state index in [4.69, 9.17) is 18.9 Å². The molecule has 4 amide bonds. The minimum absolute atomic E-state index is 0.00495. The Kier molecular flexibility index (Phi) is 20.9. The van der Waals surface area contributed by atoms with Crippen molar-refractivity contribution in [1.82, 2.24) is 50.7 Å². The molecule has 1 fully saturated rings. The summed E-state index contributed by atoms with van der Waals surface area (Å²) >= 11 is 1.57. The van der Waals surface area contributed by atoms with E-state index >= 15 is 0 Å². The first kappa shape index (κ1) is 58.7. The first-order valence-electron chi connectivity index (χ1n) is 27.3. The van der Waals surface area contributed by atoms with Gasteiger partial charge >= 0.3 is 0 Å². The molecule has 0 bridgehead atoms. The third-order valence-electron chi connectivity index (χ3n) is 14.1. The van der Waals surface area contributed by atoms with Crippen molar-refractivity contribution < 1.29 is 47.6 Å². The zero-order valence-corrected chi connectivity index (χ0v) is 46.8. The van der Waals surface area contributed by atoms with Crippen molar-refractivity contribution in [3.63, 3.8) is 0 Å². The quantitative estimate of drug-likeness (QED) is 0.0340. The predicted octanol–water partition coefficient (Wildman–Crippen LogP) is 6.00. The van der Waals surface area contributed by atoms with E-state index in [1.54, 1.807) is 16.0 Å². The van der Waals surface area contributed by atoms with E-state index in [1.165, 1.54) is 22.6 Å². The van der Waals surface area contributed by atoms with Gasteiger partial charge in [0.2, 0.25) is 17.7 Å². The van der Waals surface area contributed by atoms with E-state index in [2.05, 4.69) is 72.4 Å². The number of unbranched alkanes of at least 4 members (excludes halogenated alkanes) is 1. The molecule has 0 aliphatic carbocycles. The van der Waals surface area contributed by atoms with Crippen LogP contribution in [0.3, 0.4) is 0 Å². The van der Waals surface area contributed by atoms with Gasteiger partial charge in [0.1, 0.15) is 17.9 Å². The number of rotatable bonds is 29. The molecule has 6 aromatic rings. The fourth-order valence-electron chi connectivity index (χ4n) is 9.95. The van der Waals surface area contributed by atoms with Gasteiger partial charge in [-0.25, -0.2) is 14.1 Å². The minimum atomic E-state index is -0.929. The summed E-state index contributed by atoms with van der Waals surface area (Å²) in [6.07, 6.45) is 4.76. The Balaban J connectivity index is 0.623. The Morgan fingerprint density at radius 1 is 0.924 bits per heavy atom. The zero-order chi connectivity index (χ0) is 55.9. The van der Waals surface area contributed by atoms with E-state index in [0.717, 1.165) is 82.0 Å². The van der Waals surface area contributed by atoms with Crippen molar-refractivity contribution in [2.75, 3.05) is 79.5 Å². The summed E-state index contributed by atoms with van der Waals surface area (Å²) < 4.78 is 38.7. The van der Waals surface area contributed by atoms with Gasteiger partial charge in [-0.1, -0.05) is 74.5 Å². The van der Waals surface area contributed by atoms with Gasteiger partial charge in [0, 0.05) is 61.8 Å². The number of aliphatic hydroxyl groups excluding tert-OH is 1. The van der Waals surface area contributed by atoms with Crippen LogP contribution in [0.4, 0.5) is 4.39 Å². The van der Waals surface area contributed by atoms with Crippen LogP contribution >= 0.6 is 11.3 Å². The van der Waals surface area contributed by atoms with Gasteiger partial charge in [0.05, 0.1) is 92.8 Å². The summed E-state index contributed by atoms with van der Waals surface area (Å²) in [5, 5.41) is 28.6. The van der Waals surface area contributed by atoms with Gasteiger partial charge < -0.3 is 54.8 Å². The normalized spacial score (nSPS) is 15.9. The van der Waals surface area contributed by atoms with E-state index in [-0.39, 0.29) is 56.9 Å². The molecular formula is C58H75FN10O9S. The Morgan fingerprint density at radius 2 is 1.61 bits per heavy atom. The number of likely N-dealkylation sites (tertiary alicyclic amines) is 1. The number of hydrogen-bond donors (Lipinski definition) is 5. The number of amides is 4. The van der Waals surface area contributed by atoms with Crippen molar-refractivity contribution in [3.05, 3.63) is 112 Å². The van der Waals surface area contributed by atoms with Crippen LogP contribution in [0.1, 0.15) is 84.9 Å². The molecule has 0 saturated carbocycles. The van der Waals surface area contributed by atoms with Gasteiger partial charge in [-0.15, -0.1) is 16.4 Å². The number of aliphatic hydroxyl groups is 1. The van der Waals surface area contributed by atoms with Crippen molar-refractivity contribution >= 4 is 45.9 Å². The highest BCUT2D eigenvalue weighted by Crippen LogP contribution is 2.35. The highest BCUT2D eigenvalue weighted by Gasteiger charge is 2.44. The Labute approximate surface area is 464 Å². The summed E-state index contributed by atoms with van der Waals surface area (Å²) in [6.45, 7) is 13.4. The van der Waals surface area contributed by atoms with Crippen LogP contribution in [0.15, 0.2) is 72.4 Å². The first-order valence-corrected chi connectivity index (χ1v) is 28.1. The molecule has 3 aromatic heterocycles. The summed E-state index contributed by atoms with van der Waals surface area (Å²) in [7, 11) is 2.12. The number of halogens is 1. The van der Waals surface area contributed by atoms with Gasteiger partial charge in [0.25, 0.3) is 5.91 Å². The number of carbonyl (C=O) groups is 4. The zero-order valence-electron chi connectivity index (χ0n) is 46.0. The van der Waals surface area contributed by atoms with E-state index in [9.17, 15) is 28.7 Å². The minimum Gasteiger partial charge on any atom is -0.391 e. The number of aromatic amines is 1. The number of H-pyrrole nitrogens is 1. The molecule has 5 heterocycles. The summed E-state index contributed by atoms with van der Waals surface area (Å²) in [5.74, 6) is -1.82. The lowest BCUT2D eigenvalue weighted by Gasteiger charge is -2.35. The number of carbonyl (C=O) groups excluding carboxylic acids is 4. The Bertz CT molecular complexity index is 2980. The third kappa shape index (κ3) is 16.3. The van der Waals surface area contributed by atoms with Crippen LogP contribution in [0.2, 0.25) is 0 Å². The molecule has 0 radical (unpaired) electrons. The number of nitrogens with one attached hydrogen (secondary N) is 4. The van der Waals surface area contributed by atoms with Crippen molar-refractivity contribution in [1.29, 1.82) is 0 Å². The number of nitrogens with zero attached hydrogens (tertiary/aromatic N) is 6. The summed E-state index contributed by atoms with van der Waals surface area (Å²) in [4.78, 5) is 65.5. The second-order valence-corrected chi connectivity index (χ2v) is 22.2. The maximum atomic E-state index is 14.3. The average molecular weight is 1110 g/mol. The largest absolute Gasteiger partial charge is 0.391 e. The first-order chi connectivity index (χ1) is 38.1. The smallest absolute Gasteiger partial charge is 0.252 e. The van der Waals surface area contributed by atoms with Crippen LogP contribution in [0.25, 0.3) is 32.6 Å². The number of β-amino-alcohol motifs (C(OH)–C–C–N with tert-alkyl or cyclic N) is 1. The summed E-state index contributed by atoms with van der Waals surface area (Å²) in [5.41, 5.74) is 10.2. The molecule has 5 N–H and O–H groups in total. The number of aromatic nitrogens is 5. The number of thiazole rings is 1. The molecule has 0 unspecified atom stereocenters. The molecule has 0 spiro atoms. The van der Waals surface area contributed by atoms with Crippen LogP contribution in [-0.4, -0.2) is 161 Å². The highest BCUT2D eigenvalue weighted by molar-refractivity contribution is 7.13. The van der Waals surface area contributed by atoms with Crippen LogP contribution < -0.4 is 16.0 Å².